The van der Waals surface area contributed by atoms with Gasteiger partial charge in [-0.3, -0.25) is 4.79 Å². The van der Waals surface area contributed by atoms with Crippen molar-refractivity contribution in [1.82, 2.24) is 0 Å². The van der Waals surface area contributed by atoms with Crippen LogP contribution in [0, 0.1) is 5.82 Å². The van der Waals surface area contributed by atoms with Crippen molar-refractivity contribution in [3.05, 3.63) is 35.1 Å². The summed E-state index contributed by atoms with van der Waals surface area (Å²) in [6, 6.07) is 4.36. The van der Waals surface area contributed by atoms with Crippen molar-refractivity contribution in [3.8, 4) is 0 Å². The lowest BCUT2D eigenvalue weighted by Gasteiger charge is -2.03. The van der Waals surface area contributed by atoms with Gasteiger partial charge in [0.1, 0.15) is 5.82 Å². The van der Waals surface area contributed by atoms with Crippen LogP contribution < -0.4 is 5.73 Å². The second kappa shape index (κ2) is 4.83. The van der Waals surface area contributed by atoms with E-state index < -0.39 is 11.6 Å². The standard InChI is InChI=1S/C10H12FNO2/c1-14-6-7-2-3-8(9(11)4-7)10(13)5-12/h2-4H,5-6,12H2,1H3. The first-order valence-corrected chi connectivity index (χ1v) is 4.19. The van der Waals surface area contributed by atoms with Crippen molar-refractivity contribution < 1.29 is 13.9 Å². The smallest absolute Gasteiger partial charge is 0.179 e. The van der Waals surface area contributed by atoms with Gasteiger partial charge in [0.2, 0.25) is 0 Å². The van der Waals surface area contributed by atoms with Crippen LogP contribution in [0.2, 0.25) is 0 Å². The van der Waals surface area contributed by atoms with Crippen LogP contribution in [0.15, 0.2) is 18.2 Å². The van der Waals surface area contributed by atoms with Crippen molar-refractivity contribution in [1.29, 1.82) is 0 Å². The normalized spacial score (nSPS) is 10.2. The van der Waals surface area contributed by atoms with Crippen molar-refractivity contribution in [2.75, 3.05) is 13.7 Å². The average molecular weight is 197 g/mol. The van der Waals surface area contributed by atoms with Gasteiger partial charge in [0.05, 0.1) is 18.7 Å². The van der Waals surface area contributed by atoms with Crippen LogP contribution in [0.5, 0.6) is 0 Å². The van der Waals surface area contributed by atoms with Crippen molar-refractivity contribution >= 4 is 5.78 Å². The Kier molecular flexibility index (Phi) is 3.73. The maximum atomic E-state index is 13.3. The predicted octanol–water partition coefficient (Wildman–Crippen LogP) is 1.11. The summed E-state index contributed by atoms with van der Waals surface area (Å²) in [6.45, 7) is 0.147. The number of benzene rings is 1. The molecule has 0 spiro atoms. The first-order chi connectivity index (χ1) is 6.69. The van der Waals surface area contributed by atoms with E-state index in [2.05, 4.69) is 0 Å². The lowest BCUT2D eigenvalue weighted by atomic mass is 10.1. The molecule has 1 aromatic rings. The number of methoxy groups -OCH3 is 1. The molecule has 76 valence electrons. The van der Waals surface area contributed by atoms with Gasteiger partial charge in [0, 0.05) is 7.11 Å². The third-order valence-corrected chi connectivity index (χ3v) is 1.83. The molecule has 0 saturated carbocycles. The Morgan fingerprint density at radius 1 is 1.57 bits per heavy atom. The zero-order valence-corrected chi connectivity index (χ0v) is 7.92. The molecule has 4 heteroatoms. The second-order valence-corrected chi connectivity index (χ2v) is 2.87. The highest BCUT2D eigenvalue weighted by Crippen LogP contribution is 2.11. The summed E-state index contributed by atoms with van der Waals surface area (Å²) in [5.74, 6) is -0.943. The molecule has 0 aliphatic carbocycles. The Bertz CT molecular complexity index is 339. The summed E-state index contributed by atoms with van der Waals surface area (Å²) in [6.07, 6.45) is 0. The lowest BCUT2D eigenvalue weighted by Crippen LogP contribution is -2.15. The number of Topliss-reactive ketones (excluding diaryl/α,β-unsaturated/α-hetero) is 1. The third kappa shape index (κ3) is 2.37. The van der Waals surface area contributed by atoms with Crippen LogP contribution in [0.3, 0.4) is 0 Å². The van der Waals surface area contributed by atoms with Crippen LogP contribution in [0.4, 0.5) is 4.39 Å². The van der Waals surface area contributed by atoms with Crippen LogP contribution >= 0.6 is 0 Å². The Hall–Kier alpha value is -1.26. The maximum absolute atomic E-state index is 13.3. The number of hydrogen-bond acceptors (Lipinski definition) is 3. The Morgan fingerprint density at radius 3 is 2.79 bits per heavy atom. The first-order valence-electron chi connectivity index (χ1n) is 4.19. The monoisotopic (exact) mass is 197 g/mol. The molecule has 3 nitrogen and oxygen atoms in total. The van der Waals surface area contributed by atoms with E-state index in [4.69, 9.17) is 10.5 Å². The molecule has 1 aromatic carbocycles. The molecular formula is C10H12FNO2. The van der Waals surface area contributed by atoms with Gasteiger partial charge in [0.25, 0.3) is 0 Å². The van der Waals surface area contributed by atoms with Gasteiger partial charge >= 0.3 is 0 Å². The third-order valence-electron chi connectivity index (χ3n) is 1.83. The fraction of sp³-hybridized carbons (Fsp3) is 0.300. The summed E-state index contributed by atoms with van der Waals surface area (Å²) in [4.78, 5) is 11.1. The second-order valence-electron chi connectivity index (χ2n) is 2.87. The zero-order chi connectivity index (χ0) is 10.6. The van der Waals surface area contributed by atoms with Crippen LogP contribution in [-0.4, -0.2) is 19.4 Å². The fourth-order valence-corrected chi connectivity index (χ4v) is 1.15. The van der Waals surface area contributed by atoms with E-state index in [-0.39, 0.29) is 12.1 Å². The van der Waals surface area contributed by atoms with E-state index >= 15 is 0 Å². The van der Waals surface area contributed by atoms with Crippen LogP contribution in [0.25, 0.3) is 0 Å². The van der Waals surface area contributed by atoms with Gasteiger partial charge in [-0.1, -0.05) is 6.07 Å². The number of nitrogens with two attached hydrogens (primary N) is 1. The molecule has 0 saturated heterocycles. The van der Waals surface area contributed by atoms with Crippen LogP contribution in [0.1, 0.15) is 15.9 Å². The largest absolute Gasteiger partial charge is 0.380 e. The van der Waals surface area contributed by atoms with E-state index in [9.17, 15) is 9.18 Å². The highest BCUT2D eigenvalue weighted by molar-refractivity contribution is 5.97. The SMILES string of the molecule is COCc1ccc(C(=O)CN)c(F)c1. The number of carbonyl (C=O) groups excluding carboxylic acids is 1. The van der Waals surface area contributed by atoms with E-state index in [1.165, 1.54) is 19.2 Å². The summed E-state index contributed by atoms with van der Waals surface area (Å²) in [7, 11) is 1.52. The van der Waals surface area contributed by atoms with Gasteiger partial charge in [-0.2, -0.15) is 0 Å². The molecule has 0 aliphatic rings. The molecule has 2 N–H and O–H groups in total. The molecule has 0 heterocycles. The minimum atomic E-state index is -0.546. The van der Waals surface area contributed by atoms with Crippen LogP contribution in [-0.2, 0) is 11.3 Å². The molecule has 0 amide bonds. The van der Waals surface area contributed by atoms with Gasteiger partial charge < -0.3 is 10.5 Å². The lowest BCUT2D eigenvalue weighted by molar-refractivity contribution is 0.0997. The van der Waals surface area contributed by atoms with Gasteiger partial charge in [0.15, 0.2) is 5.78 Å². The topological polar surface area (TPSA) is 52.3 Å². The minimum Gasteiger partial charge on any atom is -0.380 e. The van der Waals surface area contributed by atoms with Gasteiger partial charge in [-0.25, -0.2) is 4.39 Å². The first kappa shape index (κ1) is 10.8. The summed E-state index contributed by atoms with van der Waals surface area (Å²) in [5, 5.41) is 0. The minimum absolute atomic E-state index is 0.0346. The highest BCUT2D eigenvalue weighted by Gasteiger charge is 2.09. The average Bonchev–Trinajstić information content (AvgIpc) is 2.17. The zero-order valence-electron chi connectivity index (χ0n) is 7.92. The molecule has 0 radical (unpaired) electrons. The predicted molar refractivity (Wildman–Crippen MR) is 50.5 cm³/mol. The van der Waals surface area contributed by atoms with E-state index in [0.717, 1.165) is 0 Å². The number of rotatable bonds is 4. The molecule has 0 unspecified atom stereocenters. The molecule has 0 bridgehead atoms. The van der Waals surface area contributed by atoms with Crippen molar-refractivity contribution in [2.24, 2.45) is 5.73 Å². The molecule has 0 aromatic heterocycles. The number of hydrogen-bond donors (Lipinski definition) is 1. The molecule has 14 heavy (non-hydrogen) atoms. The molecule has 0 aliphatic heterocycles. The Morgan fingerprint density at radius 2 is 2.29 bits per heavy atom. The molecular weight excluding hydrogens is 185 g/mol. The summed E-state index contributed by atoms with van der Waals surface area (Å²) < 4.78 is 18.1. The van der Waals surface area contributed by atoms with Crippen molar-refractivity contribution in [3.63, 3.8) is 0 Å². The highest BCUT2D eigenvalue weighted by atomic mass is 19.1. The van der Waals surface area contributed by atoms with E-state index in [0.29, 0.717) is 12.2 Å². The van der Waals surface area contributed by atoms with Gasteiger partial charge in [-0.15, -0.1) is 0 Å². The quantitative estimate of drug-likeness (QED) is 0.736. The molecule has 0 atom stereocenters. The molecule has 1 rings (SSSR count). The number of carbonyl (C=O) groups is 1. The number of ketones is 1. The summed E-state index contributed by atoms with van der Waals surface area (Å²) in [5.41, 5.74) is 5.86. The molecule has 0 fully saturated rings. The number of ether oxygens (including phenoxy) is 1. The van der Waals surface area contributed by atoms with E-state index in [1.807, 2.05) is 0 Å². The fourth-order valence-electron chi connectivity index (χ4n) is 1.15. The van der Waals surface area contributed by atoms with E-state index in [1.54, 1.807) is 6.07 Å². The maximum Gasteiger partial charge on any atom is 0.179 e. The Labute approximate surface area is 81.7 Å². The summed E-state index contributed by atoms with van der Waals surface area (Å²) >= 11 is 0. The number of halogens is 1. The Balaban J connectivity index is 2.95. The van der Waals surface area contributed by atoms with Gasteiger partial charge in [-0.05, 0) is 17.7 Å². The van der Waals surface area contributed by atoms with Crippen molar-refractivity contribution in [2.45, 2.75) is 6.61 Å².